The van der Waals surface area contributed by atoms with Crippen LogP contribution in [0.2, 0.25) is 0 Å². The minimum absolute atomic E-state index is 0.147. The van der Waals surface area contributed by atoms with Crippen molar-refractivity contribution in [3.8, 4) is 11.5 Å². The number of hydrogen-bond donors (Lipinski definition) is 2. The van der Waals surface area contributed by atoms with Crippen LogP contribution in [0.4, 0.5) is 0 Å². The van der Waals surface area contributed by atoms with Gasteiger partial charge in [0, 0.05) is 13.6 Å². The second-order valence-electron chi connectivity index (χ2n) is 5.99. The lowest BCUT2D eigenvalue weighted by Crippen LogP contribution is -2.45. The molecule has 1 unspecified atom stereocenters. The van der Waals surface area contributed by atoms with Crippen molar-refractivity contribution in [3.05, 3.63) is 41.7 Å². The molecule has 0 aliphatic carbocycles. The summed E-state index contributed by atoms with van der Waals surface area (Å²) in [7, 11) is 3.15. The Kier molecular flexibility index (Phi) is 5.40. The third kappa shape index (κ3) is 3.63. The molecule has 0 radical (unpaired) electrons. The summed E-state index contributed by atoms with van der Waals surface area (Å²) < 4.78 is 11.0. The van der Waals surface area contributed by atoms with Gasteiger partial charge < -0.3 is 19.7 Å². The molecule has 26 heavy (non-hydrogen) atoms. The van der Waals surface area contributed by atoms with E-state index in [1.807, 2.05) is 18.2 Å². The Balaban J connectivity index is 1.66. The van der Waals surface area contributed by atoms with Crippen LogP contribution in [0.15, 0.2) is 30.3 Å². The standard InChI is InChI=1S/C18H22N4O4/c1-19-17(23)14-6-5-9-22(14)18(24)13-10-12(20-21-13)11-26-16-8-4-3-7-15(16)25-2/h3-4,7-8,10,14H,5-6,9,11H2,1-2H3,(H,19,23)(H,20,21). The quantitative estimate of drug-likeness (QED) is 0.812. The van der Waals surface area contributed by atoms with E-state index < -0.39 is 6.04 Å². The number of para-hydroxylation sites is 2. The molecule has 1 aromatic heterocycles. The van der Waals surface area contributed by atoms with Crippen molar-refractivity contribution >= 4 is 11.8 Å². The zero-order chi connectivity index (χ0) is 18.5. The fraction of sp³-hybridized carbons (Fsp3) is 0.389. The zero-order valence-corrected chi connectivity index (χ0v) is 14.8. The molecule has 8 heteroatoms. The number of carbonyl (C=O) groups is 2. The lowest BCUT2D eigenvalue weighted by atomic mass is 10.2. The van der Waals surface area contributed by atoms with E-state index in [1.165, 1.54) is 0 Å². The number of likely N-dealkylation sites (tertiary alicyclic amines) is 1. The van der Waals surface area contributed by atoms with Gasteiger partial charge >= 0.3 is 0 Å². The van der Waals surface area contributed by atoms with E-state index in [0.29, 0.717) is 30.2 Å². The van der Waals surface area contributed by atoms with Gasteiger partial charge in [-0.3, -0.25) is 14.7 Å². The normalized spacial score (nSPS) is 16.4. The van der Waals surface area contributed by atoms with E-state index in [4.69, 9.17) is 9.47 Å². The first-order valence-corrected chi connectivity index (χ1v) is 8.46. The Bertz CT molecular complexity index is 789. The lowest BCUT2D eigenvalue weighted by molar-refractivity contribution is -0.124. The van der Waals surface area contributed by atoms with Crippen molar-refractivity contribution in [1.29, 1.82) is 0 Å². The number of aromatic nitrogens is 2. The van der Waals surface area contributed by atoms with Crippen LogP contribution < -0.4 is 14.8 Å². The van der Waals surface area contributed by atoms with Gasteiger partial charge in [-0.2, -0.15) is 5.10 Å². The number of rotatable bonds is 6. The SMILES string of the molecule is CNC(=O)C1CCCN1C(=O)c1cc(COc2ccccc2OC)[nH]n1. The summed E-state index contributed by atoms with van der Waals surface area (Å²) in [5.74, 6) is 0.840. The van der Waals surface area contributed by atoms with Crippen molar-refractivity contribution in [3.63, 3.8) is 0 Å². The largest absolute Gasteiger partial charge is 0.493 e. The Morgan fingerprint density at radius 1 is 1.35 bits per heavy atom. The Morgan fingerprint density at radius 2 is 2.12 bits per heavy atom. The molecule has 2 amide bonds. The number of likely N-dealkylation sites (N-methyl/N-ethyl adjacent to an activating group) is 1. The highest BCUT2D eigenvalue weighted by Gasteiger charge is 2.34. The number of aromatic amines is 1. The molecule has 2 aromatic rings. The summed E-state index contributed by atoms with van der Waals surface area (Å²) in [6.45, 7) is 0.774. The number of ether oxygens (including phenoxy) is 2. The summed E-state index contributed by atoms with van der Waals surface area (Å²) in [6.07, 6.45) is 1.47. The summed E-state index contributed by atoms with van der Waals surface area (Å²) in [4.78, 5) is 26.2. The van der Waals surface area contributed by atoms with E-state index in [1.54, 1.807) is 31.2 Å². The molecule has 1 saturated heterocycles. The number of hydrogen-bond acceptors (Lipinski definition) is 5. The van der Waals surface area contributed by atoms with Gasteiger partial charge in [0.05, 0.1) is 12.8 Å². The predicted molar refractivity (Wildman–Crippen MR) is 94.0 cm³/mol. The molecule has 1 aliphatic heterocycles. The highest BCUT2D eigenvalue weighted by molar-refractivity contribution is 5.96. The van der Waals surface area contributed by atoms with Gasteiger partial charge in [-0.05, 0) is 31.0 Å². The maximum atomic E-state index is 12.7. The van der Waals surface area contributed by atoms with Gasteiger partial charge in [0.25, 0.3) is 5.91 Å². The summed E-state index contributed by atoms with van der Waals surface area (Å²) in [5.41, 5.74) is 0.939. The topological polar surface area (TPSA) is 96.5 Å². The molecule has 1 aliphatic rings. The molecule has 1 aromatic carbocycles. The average molecular weight is 358 g/mol. The Morgan fingerprint density at radius 3 is 2.85 bits per heavy atom. The van der Waals surface area contributed by atoms with Crippen LogP contribution in [-0.2, 0) is 11.4 Å². The van der Waals surface area contributed by atoms with Crippen LogP contribution in [0.1, 0.15) is 29.0 Å². The number of benzene rings is 1. The molecule has 0 saturated carbocycles. The monoisotopic (exact) mass is 358 g/mol. The number of amides is 2. The van der Waals surface area contributed by atoms with Gasteiger partial charge in [-0.1, -0.05) is 12.1 Å². The molecule has 138 valence electrons. The first kappa shape index (κ1) is 17.8. The van der Waals surface area contributed by atoms with Crippen molar-refractivity contribution in [2.24, 2.45) is 0 Å². The number of carbonyl (C=O) groups excluding carboxylic acids is 2. The highest BCUT2D eigenvalue weighted by atomic mass is 16.5. The van der Waals surface area contributed by atoms with Gasteiger partial charge in [-0.25, -0.2) is 0 Å². The molecule has 2 heterocycles. The first-order valence-electron chi connectivity index (χ1n) is 8.46. The number of H-pyrrole nitrogens is 1. The second-order valence-corrected chi connectivity index (χ2v) is 5.99. The fourth-order valence-corrected chi connectivity index (χ4v) is 3.03. The third-order valence-corrected chi connectivity index (χ3v) is 4.36. The summed E-state index contributed by atoms with van der Waals surface area (Å²) in [6, 6.07) is 8.54. The molecule has 1 fully saturated rings. The average Bonchev–Trinajstić information content (AvgIpc) is 3.35. The van der Waals surface area contributed by atoms with Crippen molar-refractivity contribution in [2.45, 2.75) is 25.5 Å². The Hall–Kier alpha value is -3.03. The van der Waals surface area contributed by atoms with Crippen LogP contribution in [0.3, 0.4) is 0 Å². The van der Waals surface area contributed by atoms with Gasteiger partial charge in [0.1, 0.15) is 12.6 Å². The minimum atomic E-state index is -0.433. The molecule has 2 N–H and O–H groups in total. The van der Waals surface area contributed by atoms with Crippen LogP contribution in [0, 0.1) is 0 Å². The summed E-state index contributed by atoms with van der Waals surface area (Å²) >= 11 is 0. The van der Waals surface area contributed by atoms with Crippen molar-refractivity contribution < 1.29 is 19.1 Å². The van der Waals surface area contributed by atoms with Crippen LogP contribution in [-0.4, -0.2) is 53.7 Å². The molecule has 0 spiro atoms. The maximum Gasteiger partial charge on any atom is 0.275 e. The van der Waals surface area contributed by atoms with Crippen LogP contribution in [0.25, 0.3) is 0 Å². The molecule has 8 nitrogen and oxygen atoms in total. The first-order chi connectivity index (χ1) is 12.6. The van der Waals surface area contributed by atoms with E-state index in [2.05, 4.69) is 15.5 Å². The number of nitrogens with one attached hydrogen (secondary N) is 2. The summed E-state index contributed by atoms with van der Waals surface area (Å²) in [5, 5.41) is 9.49. The smallest absolute Gasteiger partial charge is 0.275 e. The molecule has 1 atom stereocenters. The maximum absolute atomic E-state index is 12.7. The zero-order valence-electron chi connectivity index (χ0n) is 14.8. The van der Waals surface area contributed by atoms with Gasteiger partial charge in [0.2, 0.25) is 5.91 Å². The minimum Gasteiger partial charge on any atom is -0.493 e. The van der Waals surface area contributed by atoms with Crippen LogP contribution in [0.5, 0.6) is 11.5 Å². The third-order valence-electron chi connectivity index (χ3n) is 4.36. The molecule has 3 rings (SSSR count). The lowest BCUT2D eigenvalue weighted by Gasteiger charge is -2.22. The second kappa shape index (κ2) is 7.90. The predicted octanol–water partition coefficient (Wildman–Crippen LogP) is 1.35. The van der Waals surface area contributed by atoms with E-state index in [0.717, 1.165) is 6.42 Å². The van der Waals surface area contributed by atoms with Crippen molar-refractivity contribution in [1.82, 2.24) is 20.4 Å². The highest BCUT2D eigenvalue weighted by Crippen LogP contribution is 2.26. The van der Waals surface area contributed by atoms with Crippen molar-refractivity contribution in [2.75, 3.05) is 20.7 Å². The Labute approximate surface area is 151 Å². The fourth-order valence-electron chi connectivity index (χ4n) is 3.03. The van der Waals surface area contributed by atoms with Gasteiger partial charge in [0.15, 0.2) is 17.2 Å². The number of methoxy groups -OCH3 is 1. The van der Waals surface area contributed by atoms with E-state index >= 15 is 0 Å². The molecule has 0 bridgehead atoms. The number of nitrogens with zero attached hydrogens (tertiary/aromatic N) is 2. The van der Waals surface area contributed by atoms with Crippen LogP contribution >= 0.6 is 0 Å². The molecular weight excluding hydrogens is 336 g/mol. The van der Waals surface area contributed by atoms with E-state index in [9.17, 15) is 9.59 Å². The van der Waals surface area contributed by atoms with E-state index in [-0.39, 0.29) is 24.1 Å². The van der Waals surface area contributed by atoms with Gasteiger partial charge in [-0.15, -0.1) is 0 Å². The molecular formula is C18H22N4O4.